The third-order valence-corrected chi connectivity index (χ3v) is 2.41. The van der Waals surface area contributed by atoms with Crippen molar-refractivity contribution in [2.45, 2.75) is 13.8 Å². The van der Waals surface area contributed by atoms with E-state index >= 15 is 0 Å². The first kappa shape index (κ1) is 12.9. The Balaban J connectivity index is 2.43. The van der Waals surface area contributed by atoms with Gasteiger partial charge in [0.25, 0.3) is 0 Å². The Morgan fingerprint density at radius 1 is 1.37 bits per heavy atom. The van der Waals surface area contributed by atoms with Crippen molar-refractivity contribution >= 4 is 5.97 Å². The van der Waals surface area contributed by atoms with Gasteiger partial charge in [-0.1, -0.05) is 0 Å². The van der Waals surface area contributed by atoms with E-state index in [1.54, 1.807) is 20.0 Å². The van der Waals surface area contributed by atoms with E-state index in [4.69, 9.17) is 9.84 Å². The molecule has 0 saturated carbocycles. The van der Waals surface area contributed by atoms with E-state index in [0.29, 0.717) is 11.4 Å². The molecule has 0 spiro atoms. The van der Waals surface area contributed by atoms with Gasteiger partial charge in [-0.15, -0.1) is 0 Å². The fourth-order valence-electron chi connectivity index (χ4n) is 1.47. The molecule has 19 heavy (non-hydrogen) atoms. The molecular weight excluding hydrogens is 251 g/mol. The second kappa shape index (κ2) is 5.01. The van der Waals surface area contributed by atoms with Crippen LogP contribution in [0.2, 0.25) is 0 Å². The smallest absolute Gasteiger partial charge is 0.339 e. The summed E-state index contributed by atoms with van der Waals surface area (Å²) in [6.45, 7) is 3.42. The van der Waals surface area contributed by atoms with Gasteiger partial charge in [0.05, 0.1) is 11.4 Å². The van der Waals surface area contributed by atoms with E-state index < -0.39 is 11.8 Å². The maximum Gasteiger partial charge on any atom is 0.339 e. The Hall–Kier alpha value is -2.50. The Morgan fingerprint density at radius 2 is 2.11 bits per heavy atom. The maximum absolute atomic E-state index is 13.0. The lowest BCUT2D eigenvalue weighted by molar-refractivity contribution is 0.0693. The number of carboxylic acid groups (broad SMARTS) is 1. The highest BCUT2D eigenvalue weighted by Gasteiger charge is 2.15. The van der Waals surface area contributed by atoms with Crippen LogP contribution in [0, 0.1) is 19.7 Å². The number of rotatable bonds is 3. The molecule has 1 aromatic carbocycles. The van der Waals surface area contributed by atoms with Crippen LogP contribution in [0.15, 0.2) is 24.4 Å². The highest BCUT2D eigenvalue weighted by Crippen LogP contribution is 2.26. The molecule has 1 aromatic heterocycles. The van der Waals surface area contributed by atoms with Crippen molar-refractivity contribution in [3.63, 3.8) is 0 Å². The van der Waals surface area contributed by atoms with Gasteiger partial charge < -0.3 is 9.84 Å². The number of hydrogen-bond donors (Lipinski definition) is 1. The average Bonchev–Trinajstić information content (AvgIpc) is 2.35. The quantitative estimate of drug-likeness (QED) is 0.920. The van der Waals surface area contributed by atoms with Gasteiger partial charge in [-0.05, 0) is 32.0 Å². The largest absolute Gasteiger partial charge is 0.478 e. The van der Waals surface area contributed by atoms with Crippen LogP contribution in [-0.4, -0.2) is 21.0 Å². The molecule has 0 aliphatic rings. The molecule has 0 amide bonds. The van der Waals surface area contributed by atoms with Gasteiger partial charge in [0.1, 0.15) is 17.1 Å². The molecular formula is C13H11FN2O3. The Labute approximate surface area is 108 Å². The molecule has 1 N–H and O–H groups in total. The zero-order valence-electron chi connectivity index (χ0n) is 10.3. The van der Waals surface area contributed by atoms with Crippen LogP contribution in [0.25, 0.3) is 0 Å². The third-order valence-electron chi connectivity index (χ3n) is 2.41. The summed E-state index contributed by atoms with van der Waals surface area (Å²) in [5.41, 5.74) is 0.897. The summed E-state index contributed by atoms with van der Waals surface area (Å²) < 4.78 is 18.5. The van der Waals surface area contributed by atoms with E-state index in [-0.39, 0.29) is 17.2 Å². The van der Waals surface area contributed by atoms with Crippen LogP contribution in [0.5, 0.6) is 11.6 Å². The molecule has 0 aliphatic heterocycles. The van der Waals surface area contributed by atoms with E-state index in [0.717, 1.165) is 12.1 Å². The van der Waals surface area contributed by atoms with Crippen LogP contribution < -0.4 is 4.74 Å². The molecule has 2 aromatic rings. The lowest BCUT2D eigenvalue weighted by Crippen LogP contribution is -2.03. The van der Waals surface area contributed by atoms with Gasteiger partial charge in [0.15, 0.2) is 0 Å². The van der Waals surface area contributed by atoms with E-state index in [1.165, 1.54) is 6.07 Å². The number of benzene rings is 1. The zero-order chi connectivity index (χ0) is 14.0. The van der Waals surface area contributed by atoms with Crippen LogP contribution in [0.4, 0.5) is 4.39 Å². The van der Waals surface area contributed by atoms with Crippen LogP contribution in [0.3, 0.4) is 0 Å². The van der Waals surface area contributed by atoms with Crippen molar-refractivity contribution in [3.8, 4) is 11.6 Å². The summed E-state index contributed by atoms with van der Waals surface area (Å²) in [4.78, 5) is 19.2. The molecule has 0 fully saturated rings. The summed E-state index contributed by atoms with van der Waals surface area (Å²) in [6, 6.07) is 3.28. The second-order valence-corrected chi connectivity index (χ2v) is 3.95. The highest BCUT2D eigenvalue weighted by molar-refractivity contribution is 5.91. The predicted molar refractivity (Wildman–Crippen MR) is 64.9 cm³/mol. The Morgan fingerprint density at radius 3 is 2.79 bits per heavy atom. The first-order valence-corrected chi connectivity index (χ1v) is 5.48. The molecule has 5 nitrogen and oxygen atoms in total. The van der Waals surface area contributed by atoms with Crippen molar-refractivity contribution < 1.29 is 19.0 Å². The number of carbonyl (C=O) groups is 1. The first-order chi connectivity index (χ1) is 8.97. The van der Waals surface area contributed by atoms with Gasteiger partial charge in [0.2, 0.25) is 5.88 Å². The molecule has 0 atom stereocenters. The van der Waals surface area contributed by atoms with Gasteiger partial charge in [-0.2, -0.15) is 0 Å². The molecule has 0 bridgehead atoms. The SMILES string of the molecule is Cc1cnc(C)c(Oc2ccc(F)cc2C(=O)O)n1. The number of carboxylic acids is 1. The molecule has 0 unspecified atom stereocenters. The monoisotopic (exact) mass is 262 g/mol. The number of nitrogens with zero attached hydrogens (tertiary/aromatic N) is 2. The van der Waals surface area contributed by atoms with Crippen LogP contribution in [0.1, 0.15) is 21.7 Å². The maximum atomic E-state index is 13.0. The molecule has 0 saturated heterocycles. The van der Waals surface area contributed by atoms with Crippen molar-refractivity contribution in [1.82, 2.24) is 9.97 Å². The predicted octanol–water partition coefficient (Wildman–Crippen LogP) is 2.72. The highest BCUT2D eigenvalue weighted by atomic mass is 19.1. The van der Waals surface area contributed by atoms with Crippen molar-refractivity contribution in [2.75, 3.05) is 0 Å². The van der Waals surface area contributed by atoms with Crippen LogP contribution >= 0.6 is 0 Å². The van der Waals surface area contributed by atoms with Gasteiger partial charge in [-0.25, -0.2) is 14.2 Å². The van der Waals surface area contributed by atoms with Gasteiger partial charge >= 0.3 is 5.97 Å². The number of aromatic nitrogens is 2. The molecule has 6 heteroatoms. The molecule has 1 heterocycles. The van der Waals surface area contributed by atoms with Gasteiger partial charge in [0, 0.05) is 6.20 Å². The lowest BCUT2D eigenvalue weighted by Gasteiger charge is -2.09. The molecule has 0 radical (unpaired) electrons. The number of aromatic carboxylic acids is 1. The third kappa shape index (κ3) is 2.85. The lowest BCUT2D eigenvalue weighted by atomic mass is 10.2. The second-order valence-electron chi connectivity index (χ2n) is 3.95. The Bertz CT molecular complexity index is 644. The fraction of sp³-hybridized carbons (Fsp3) is 0.154. The summed E-state index contributed by atoms with van der Waals surface area (Å²) in [5.74, 6) is -1.68. The summed E-state index contributed by atoms with van der Waals surface area (Å²) >= 11 is 0. The molecule has 0 aliphatic carbocycles. The van der Waals surface area contributed by atoms with Crippen molar-refractivity contribution in [2.24, 2.45) is 0 Å². The molecule has 2 rings (SSSR count). The summed E-state index contributed by atoms with van der Waals surface area (Å²) in [6.07, 6.45) is 1.57. The number of ether oxygens (including phenoxy) is 1. The van der Waals surface area contributed by atoms with E-state index in [2.05, 4.69) is 9.97 Å². The zero-order valence-corrected chi connectivity index (χ0v) is 10.3. The normalized spacial score (nSPS) is 10.3. The topological polar surface area (TPSA) is 72.3 Å². The first-order valence-electron chi connectivity index (χ1n) is 5.48. The minimum Gasteiger partial charge on any atom is -0.478 e. The molecule has 98 valence electrons. The minimum absolute atomic E-state index is 0.0249. The van der Waals surface area contributed by atoms with Crippen molar-refractivity contribution in [3.05, 3.63) is 47.2 Å². The van der Waals surface area contributed by atoms with Crippen LogP contribution in [-0.2, 0) is 0 Å². The average molecular weight is 262 g/mol. The minimum atomic E-state index is -1.27. The Kier molecular flexibility index (Phi) is 3.41. The summed E-state index contributed by atoms with van der Waals surface area (Å²) in [5, 5.41) is 9.01. The van der Waals surface area contributed by atoms with Gasteiger partial charge in [-0.3, -0.25) is 4.98 Å². The number of hydrogen-bond acceptors (Lipinski definition) is 4. The van der Waals surface area contributed by atoms with E-state index in [1.807, 2.05) is 0 Å². The number of halogens is 1. The fourth-order valence-corrected chi connectivity index (χ4v) is 1.47. The van der Waals surface area contributed by atoms with E-state index in [9.17, 15) is 9.18 Å². The van der Waals surface area contributed by atoms with Crippen molar-refractivity contribution in [1.29, 1.82) is 0 Å². The summed E-state index contributed by atoms with van der Waals surface area (Å²) in [7, 11) is 0. The standard InChI is InChI=1S/C13H11FN2O3/c1-7-6-15-8(2)12(16-7)19-11-4-3-9(14)5-10(11)13(17)18/h3-6H,1-2H3,(H,17,18). The number of aryl methyl sites for hydroxylation is 2.